The van der Waals surface area contributed by atoms with Crippen molar-refractivity contribution in [3.05, 3.63) is 34.1 Å². The molecule has 2 N–H and O–H groups in total. The summed E-state index contributed by atoms with van der Waals surface area (Å²) in [6.07, 6.45) is 1.11. The van der Waals surface area contributed by atoms with Crippen molar-refractivity contribution in [2.75, 3.05) is 6.54 Å². The molecule has 4 nitrogen and oxygen atoms in total. The number of carboxylic acid groups (broad SMARTS) is 1. The Labute approximate surface area is 112 Å². The number of hydrogen-bond donors (Lipinski definition) is 2. The van der Waals surface area contributed by atoms with Crippen molar-refractivity contribution < 1.29 is 19.1 Å². The van der Waals surface area contributed by atoms with Crippen LogP contribution in [0.5, 0.6) is 0 Å². The van der Waals surface area contributed by atoms with Crippen molar-refractivity contribution in [2.45, 2.75) is 19.3 Å². The monoisotopic (exact) mass is 317 g/mol. The third-order valence-corrected chi connectivity index (χ3v) is 2.77. The molecular formula is C12H13BrFNO3. The number of aliphatic carboxylic acids is 1. The minimum absolute atomic E-state index is 0.0172. The number of unbranched alkanes of at least 4 members (excludes halogenated alkanes) is 1. The molecule has 1 aromatic rings. The molecule has 0 aliphatic carbocycles. The zero-order chi connectivity index (χ0) is 13.5. The minimum Gasteiger partial charge on any atom is -0.481 e. The number of nitrogens with one attached hydrogen (secondary N) is 1. The molecular weight excluding hydrogens is 305 g/mol. The third-order valence-electron chi connectivity index (χ3n) is 2.28. The van der Waals surface area contributed by atoms with Gasteiger partial charge in [0, 0.05) is 17.4 Å². The SMILES string of the molecule is O=C(O)CCCCNC(=O)c1ccc(Br)cc1F. The summed E-state index contributed by atoms with van der Waals surface area (Å²) in [6, 6.07) is 4.20. The molecule has 1 rings (SSSR count). The first-order valence-corrected chi connectivity index (χ1v) is 6.25. The normalized spacial score (nSPS) is 10.1. The summed E-state index contributed by atoms with van der Waals surface area (Å²) in [5.74, 6) is -1.94. The second-order valence-electron chi connectivity index (χ2n) is 3.73. The highest BCUT2D eigenvalue weighted by atomic mass is 79.9. The summed E-state index contributed by atoms with van der Waals surface area (Å²) in [5.41, 5.74) is -0.0172. The predicted octanol–water partition coefficient (Wildman–Crippen LogP) is 2.57. The van der Waals surface area contributed by atoms with Crippen molar-refractivity contribution in [3.8, 4) is 0 Å². The highest BCUT2D eigenvalue weighted by Crippen LogP contribution is 2.15. The Hall–Kier alpha value is -1.43. The van der Waals surface area contributed by atoms with Crippen LogP contribution in [0.3, 0.4) is 0 Å². The van der Waals surface area contributed by atoms with E-state index < -0.39 is 17.7 Å². The first-order valence-electron chi connectivity index (χ1n) is 5.45. The Balaban J connectivity index is 2.39. The number of rotatable bonds is 6. The Kier molecular flexibility index (Phi) is 5.77. The molecule has 0 saturated heterocycles. The van der Waals surface area contributed by atoms with Gasteiger partial charge in [-0.05, 0) is 31.0 Å². The maximum absolute atomic E-state index is 13.4. The fraction of sp³-hybridized carbons (Fsp3) is 0.333. The fourth-order valence-corrected chi connectivity index (χ4v) is 1.71. The smallest absolute Gasteiger partial charge is 0.303 e. The molecule has 0 aromatic heterocycles. The maximum Gasteiger partial charge on any atom is 0.303 e. The van der Waals surface area contributed by atoms with E-state index in [0.29, 0.717) is 23.9 Å². The van der Waals surface area contributed by atoms with Crippen molar-refractivity contribution >= 4 is 27.8 Å². The van der Waals surface area contributed by atoms with Gasteiger partial charge in [-0.3, -0.25) is 9.59 Å². The highest BCUT2D eigenvalue weighted by Gasteiger charge is 2.11. The van der Waals surface area contributed by atoms with Gasteiger partial charge in [0.2, 0.25) is 0 Å². The number of halogens is 2. The number of carboxylic acids is 1. The van der Waals surface area contributed by atoms with Crippen LogP contribution >= 0.6 is 15.9 Å². The van der Waals surface area contributed by atoms with Gasteiger partial charge in [-0.1, -0.05) is 15.9 Å². The Bertz CT molecular complexity index is 451. The molecule has 0 fully saturated rings. The van der Waals surface area contributed by atoms with E-state index in [-0.39, 0.29) is 12.0 Å². The number of carbonyl (C=O) groups is 2. The first kappa shape index (κ1) is 14.6. The van der Waals surface area contributed by atoms with Gasteiger partial charge >= 0.3 is 5.97 Å². The fourth-order valence-electron chi connectivity index (χ4n) is 1.37. The van der Waals surface area contributed by atoms with Crippen LogP contribution in [0, 0.1) is 5.82 Å². The molecule has 98 valence electrons. The van der Waals surface area contributed by atoms with Gasteiger partial charge in [0.05, 0.1) is 5.56 Å². The van der Waals surface area contributed by atoms with E-state index in [1.165, 1.54) is 12.1 Å². The summed E-state index contributed by atoms with van der Waals surface area (Å²) in [7, 11) is 0. The highest BCUT2D eigenvalue weighted by molar-refractivity contribution is 9.10. The van der Waals surface area contributed by atoms with Gasteiger partial charge < -0.3 is 10.4 Å². The van der Waals surface area contributed by atoms with Crippen molar-refractivity contribution in [1.82, 2.24) is 5.32 Å². The molecule has 6 heteroatoms. The lowest BCUT2D eigenvalue weighted by atomic mass is 10.2. The number of amides is 1. The Morgan fingerprint density at radius 3 is 2.67 bits per heavy atom. The molecule has 1 amide bonds. The van der Waals surface area contributed by atoms with E-state index in [1.54, 1.807) is 6.07 Å². The molecule has 0 saturated carbocycles. The molecule has 0 heterocycles. The lowest BCUT2D eigenvalue weighted by Gasteiger charge is -2.05. The zero-order valence-electron chi connectivity index (χ0n) is 9.58. The minimum atomic E-state index is -0.861. The lowest BCUT2D eigenvalue weighted by Crippen LogP contribution is -2.25. The van der Waals surface area contributed by atoms with Crippen molar-refractivity contribution in [3.63, 3.8) is 0 Å². The van der Waals surface area contributed by atoms with Crippen LogP contribution in [0.4, 0.5) is 4.39 Å². The summed E-state index contributed by atoms with van der Waals surface area (Å²) in [5, 5.41) is 11.0. The summed E-state index contributed by atoms with van der Waals surface area (Å²) < 4.78 is 14.0. The molecule has 0 aliphatic rings. The quantitative estimate of drug-likeness (QED) is 0.792. The van der Waals surface area contributed by atoms with Crippen LogP contribution in [0.15, 0.2) is 22.7 Å². The molecule has 1 aromatic carbocycles. The van der Waals surface area contributed by atoms with Crippen molar-refractivity contribution in [2.24, 2.45) is 0 Å². The molecule has 0 atom stereocenters. The largest absolute Gasteiger partial charge is 0.481 e. The second kappa shape index (κ2) is 7.10. The number of carbonyl (C=O) groups excluding carboxylic acids is 1. The summed E-state index contributed by atoms with van der Waals surface area (Å²) in [4.78, 5) is 21.8. The second-order valence-corrected chi connectivity index (χ2v) is 4.65. The molecule has 0 radical (unpaired) electrons. The maximum atomic E-state index is 13.4. The zero-order valence-corrected chi connectivity index (χ0v) is 11.2. The predicted molar refractivity (Wildman–Crippen MR) is 67.9 cm³/mol. The third kappa shape index (κ3) is 4.83. The molecule has 0 bridgehead atoms. The average Bonchev–Trinajstić information content (AvgIpc) is 2.27. The topological polar surface area (TPSA) is 66.4 Å². The van der Waals surface area contributed by atoms with Crippen LogP contribution in [-0.4, -0.2) is 23.5 Å². The van der Waals surface area contributed by atoms with Gasteiger partial charge in [-0.25, -0.2) is 4.39 Å². The molecule has 18 heavy (non-hydrogen) atoms. The van der Waals surface area contributed by atoms with Crippen LogP contribution < -0.4 is 5.32 Å². The average molecular weight is 318 g/mol. The first-order chi connectivity index (χ1) is 8.50. The van der Waals surface area contributed by atoms with E-state index in [0.717, 1.165) is 0 Å². The summed E-state index contributed by atoms with van der Waals surface area (Å²) >= 11 is 3.10. The van der Waals surface area contributed by atoms with E-state index in [4.69, 9.17) is 5.11 Å². The van der Waals surface area contributed by atoms with Crippen LogP contribution in [-0.2, 0) is 4.79 Å². The van der Waals surface area contributed by atoms with E-state index >= 15 is 0 Å². The van der Waals surface area contributed by atoms with E-state index in [2.05, 4.69) is 21.2 Å². The Morgan fingerprint density at radius 1 is 1.33 bits per heavy atom. The lowest BCUT2D eigenvalue weighted by molar-refractivity contribution is -0.137. The van der Waals surface area contributed by atoms with Crippen LogP contribution in [0.25, 0.3) is 0 Å². The van der Waals surface area contributed by atoms with Gasteiger partial charge in [0.25, 0.3) is 5.91 Å². The van der Waals surface area contributed by atoms with Crippen LogP contribution in [0.1, 0.15) is 29.6 Å². The number of hydrogen-bond acceptors (Lipinski definition) is 2. The molecule has 0 unspecified atom stereocenters. The van der Waals surface area contributed by atoms with Gasteiger partial charge in [-0.15, -0.1) is 0 Å². The number of benzene rings is 1. The van der Waals surface area contributed by atoms with Gasteiger partial charge in [-0.2, -0.15) is 0 Å². The van der Waals surface area contributed by atoms with Crippen molar-refractivity contribution in [1.29, 1.82) is 0 Å². The van der Waals surface area contributed by atoms with E-state index in [9.17, 15) is 14.0 Å². The standard InChI is InChI=1S/C12H13BrFNO3/c13-8-4-5-9(10(14)7-8)12(18)15-6-2-1-3-11(16)17/h4-5,7H,1-3,6H2,(H,15,18)(H,16,17). The Morgan fingerprint density at radius 2 is 2.06 bits per heavy atom. The van der Waals surface area contributed by atoms with Gasteiger partial charge in [0.15, 0.2) is 0 Å². The van der Waals surface area contributed by atoms with Gasteiger partial charge in [0.1, 0.15) is 5.82 Å². The van der Waals surface area contributed by atoms with E-state index in [1.807, 2.05) is 0 Å². The van der Waals surface area contributed by atoms with Crippen LogP contribution in [0.2, 0.25) is 0 Å². The summed E-state index contributed by atoms with van der Waals surface area (Å²) in [6.45, 7) is 0.335. The molecule has 0 spiro atoms. The molecule has 0 aliphatic heterocycles.